The van der Waals surface area contributed by atoms with Crippen molar-refractivity contribution in [3.8, 4) is 0 Å². The van der Waals surface area contributed by atoms with Crippen molar-refractivity contribution in [1.29, 1.82) is 0 Å². The standard InChI is InChI=1S/C23H36N4O4S/c1-5-8-24-21(28)16-25-10-12-26(13-11-25)23(29)20-7-6-9-27(20)32(30,31)22-18(3)14-17(2)15-19(22)4/h14-15,20H,5-13,16H2,1-4H3,(H,24,28). The summed E-state index contributed by atoms with van der Waals surface area (Å²) in [4.78, 5) is 29.4. The summed E-state index contributed by atoms with van der Waals surface area (Å²) in [7, 11) is -3.76. The molecule has 0 aromatic heterocycles. The van der Waals surface area contributed by atoms with Gasteiger partial charge in [-0.3, -0.25) is 14.5 Å². The average Bonchev–Trinajstić information content (AvgIpc) is 3.22. The highest BCUT2D eigenvalue weighted by atomic mass is 32.2. The van der Waals surface area contributed by atoms with E-state index in [2.05, 4.69) is 5.32 Å². The minimum Gasteiger partial charge on any atom is -0.355 e. The minimum atomic E-state index is -3.76. The van der Waals surface area contributed by atoms with Crippen molar-refractivity contribution in [3.63, 3.8) is 0 Å². The molecule has 0 saturated carbocycles. The highest BCUT2D eigenvalue weighted by Crippen LogP contribution is 2.31. The second-order valence-corrected chi connectivity index (χ2v) is 10.8. The van der Waals surface area contributed by atoms with E-state index in [1.165, 1.54) is 4.31 Å². The summed E-state index contributed by atoms with van der Waals surface area (Å²) in [5.74, 6) is -0.118. The first-order chi connectivity index (χ1) is 15.1. The second-order valence-electron chi connectivity index (χ2n) is 8.95. The van der Waals surface area contributed by atoms with Crippen molar-refractivity contribution >= 4 is 21.8 Å². The molecule has 8 nitrogen and oxygen atoms in total. The predicted molar refractivity (Wildman–Crippen MR) is 124 cm³/mol. The molecule has 0 bridgehead atoms. The number of sulfonamides is 1. The zero-order valence-electron chi connectivity index (χ0n) is 19.7. The van der Waals surface area contributed by atoms with Crippen LogP contribution in [-0.4, -0.2) is 86.2 Å². The Morgan fingerprint density at radius 1 is 1.03 bits per heavy atom. The van der Waals surface area contributed by atoms with Gasteiger partial charge in [-0.05, 0) is 51.2 Å². The van der Waals surface area contributed by atoms with Gasteiger partial charge in [0.05, 0.1) is 11.4 Å². The summed E-state index contributed by atoms with van der Waals surface area (Å²) in [6, 6.07) is 3.10. The number of carbonyl (C=O) groups excluding carboxylic acids is 2. The van der Waals surface area contributed by atoms with Gasteiger partial charge < -0.3 is 10.2 Å². The van der Waals surface area contributed by atoms with E-state index in [-0.39, 0.29) is 11.8 Å². The van der Waals surface area contributed by atoms with Crippen molar-refractivity contribution in [2.45, 2.75) is 57.9 Å². The molecule has 0 spiro atoms. The molecular weight excluding hydrogens is 428 g/mol. The van der Waals surface area contributed by atoms with E-state index >= 15 is 0 Å². The van der Waals surface area contributed by atoms with Gasteiger partial charge in [-0.1, -0.05) is 24.6 Å². The number of hydrogen-bond acceptors (Lipinski definition) is 5. The Morgan fingerprint density at radius 2 is 1.66 bits per heavy atom. The molecule has 2 aliphatic heterocycles. The van der Waals surface area contributed by atoms with Crippen LogP contribution in [0.3, 0.4) is 0 Å². The number of rotatable bonds is 7. The molecule has 0 radical (unpaired) electrons. The van der Waals surface area contributed by atoms with Gasteiger partial charge in [0.1, 0.15) is 6.04 Å². The molecule has 1 aromatic rings. The largest absolute Gasteiger partial charge is 0.355 e. The van der Waals surface area contributed by atoms with E-state index in [0.717, 1.165) is 23.1 Å². The number of nitrogens with zero attached hydrogens (tertiary/aromatic N) is 3. The fourth-order valence-electron chi connectivity index (χ4n) is 4.83. The summed E-state index contributed by atoms with van der Waals surface area (Å²) < 4.78 is 28.5. The number of benzene rings is 1. The molecule has 1 atom stereocenters. The van der Waals surface area contributed by atoms with Gasteiger partial charge >= 0.3 is 0 Å². The fourth-order valence-corrected chi connectivity index (χ4v) is 6.89. The summed E-state index contributed by atoms with van der Waals surface area (Å²) in [6.45, 7) is 11.2. The van der Waals surface area contributed by atoms with E-state index in [4.69, 9.17) is 0 Å². The van der Waals surface area contributed by atoms with Gasteiger partial charge in [-0.2, -0.15) is 4.31 Å². The van der Waals surface area contributed by atoms with Crippen LogP contribution >= 0.6 is 0 Å². The predicted octanol–water partition coefficient (Wildman–Crippen LogP) is 1.44. The Kier molecular flexibility index (Phi) is 7.95. The van der Waals surface area contributed by atoms with Crippen molar-refractivity contribution in [2.24, 2.45) is 0 Å². The van der Waals surface area contributed by atoms with Crippen LogP contribution in [0.25, 0.3) is 0 Å². The molecule has 2 aliphatic rings. The molecule has 2 heterocycles. The van der Waals surface area contributed by atoms with Gasteiger partial charge in [0.2, 0.25) is 21.8 Å². The molecule has 32 heavy (non-hydrogen) atoms. The van der Waals surface area contributed by atoms with Crippen LogP contribution in [0.15, 0.2) is 17.0 Å². The van der Waals surface area contributed by atoms with Crippen molar-refractivity contribution in [3.05, 3.63) is 28.8 Å². The maximum Gasteiger partial charge on any atom is 0.244 e. The van der Waals surface area contributed by atoms with Crippen molar-refractivity contribution in [2.75, 3.05) is 45.8 Å². The Balaban J connectivity index is 1.67. The molecular formula is C23H36N4O4S. The van der Waals surface area contributed by atoms with Crippen LogP contribution in [-0.2, 0) is 19.6 Å². The summed E-state index contributed by atoms with van der Waals surface area (Å²) >= 11 is 0. The topological polar surface area (TPSA) is 90.0 Å². The highest BCUT2D eigenvalue weighted by Gasteiger charge is 2.42. The maximum absolute atomic E-state index is 13.5. The Labute approximate surface area is 192 Å². The lowest BCUT2D eigenvalue weighted by atomic mass is 10.1. The first kappa shape index (κ1) is 24.7. The van der Waals surface area contributed by atoms with Crippen LogP contribution in [0.2, 0.25) is 0 Å². The molecule has 2 saturated heterocycles. The summed E-state index contributed by atoms with van der Waals surface area (Å²) in [5, 5.41) is 2.87. The molecule has 0 aliphatic carbocycles. The summed E-state index contributed by atoms with van der Waals surface area (Å²) in [6.07, 6.45) is 2.12. The highest BCUT2D eigenvalue weighted by molar-refractivity contribution is 7.89. The number of aryl methyl sites for hydroxylation is 3. The molecule has 9 heteroatoms. The number of piperazine rings is 1. The maximum atomic E-state index is 13.5. The average molecular weight is 465 g/mol. The lowest BCUT2D eigenvalue weighted by molar-refractivity contribution is -0.136. The van der Waals surface area contributed by atoms with E-state index in [1.54, 1.807) is 4.90 Å². The number of hydrogen-bond donors (Lipinski definition) is 1. The Morgan fingerprint density at radius 3 is 2.25 bits per heavy atom. The quantitative estimate of drug-likeness (QED) is 0.659. The number of amides is 2. The van der Waals surface area contributed by atoms with Crippen molar-refractivity contribution in [1.82, 2.24) is 19.4 Å². The first-order valence-electron chi connectivity index (χ1n) is 11.5. The third-order valence-corrected chi connectivity index (χ3v) is 8.50. The van der Waals surface area contributed by atoms with Gasteiger partial charge in [-0.15, -0.1) is 0 Å². The molecule has 2 fully saturated rings. The zero-order chi connectivity index (χ0) is 23.5. The normalized spacial score (nSPS) is 20.5. The van der Waals surface area contributed by atoms with Gasteiger partial charge in [0.25, 0.3) is 0 Å². The molecule has 1 N–H and O–H groups in total. The van der Waals surface area contributed by atoms with E-state index in [1.807, 2.05) is 44.7 Å². The third kappa shape index (κ3) is 5.32. The zero-order valence-corrected chi connectivity index (χ0v) is 20.5. The smallest absolute Gasteiger partial charge is 0.244 e. The number of nitrogens with one attached hydrogen (secondary N) is 1. The second kappa shape index (κ2) is 10.3. The molecule has 1 unspecified atom stereocenters. The van der Waals surface area contributed by atoms with E-state index < -0.39 is 16.1 Å². The fraction of sp³-hybridized carbons (Fsp3) is 0.652. The lowest BCUT2D eigenvalue weighted by Crippen LogP contribution is -2.55. The van der Waals surface area contributed by atoms with Crippen LogP contribution in [0.5, 0.6) is 0 Å². The van der Waals surface area contributed by atoms with E-state index in [9.17, 15) is 18.0 Å². The van der Waals surface area contributed by atoms with Crippen LogP contribution in [0, 0.1) is 20.8 Å². The monoisotopic (exact) mass is 464 g/mol. The van der Waals surface area contributed by atoms with Gasteiger partial charge in [0.15, 0.2) is 0 Å². The van der Waals surface area contributed by atoms with Gasteiger partial charge in [-0.25, -0.2) is 8.42 Å². The van der Waals surface area contributed by atoms with E-state index in [0.29, 0.717) is 63.6 Å². The molecule has 1 aromatic carbocycles. The van der Waals surface area contributed by atoms with Crippen LogP contribution < -0.4 is 5.32 Å². The Hall–Kier alpha value is -1.97. The summed E-state index contributed by atoms with van der Waals surface area (Å²) in [5.41, 5.74) is 2.46. The third-order valence-electron chi connectivity index (χ3n) is 6.28. The SMILES string of the molecule is CCCNC(=O)CN1CCN(C(=O)C2CCCN2S(=O)(=O)c2c(C)cc(C)cc2C)CC1. The van der Waals surface area contributed by atoms with Crippen LogP contribution in [0.4, 0.5) is 0 Å². The lowest BCUT2D eigenvalue weighted by Gasteiger charge is -2.37. The first-order valence-corrected chi connectivity index (χ1v) is 13.0. The molecule has 178 valence electrons. The molecule has 2 amide bonds. The van der Waals surface area contributed by atoms with Crippen molar-refractivity contribution < 1.29 is 18.0 Å². The Bertz CT molecular complexity index is 932. The minimum absolute atomic E-state index is 0.00326. The van der Waals surface area contributed by atoms with Gasteiger partial charge in [0, 0.05) is 39.3 Å². The number of carbonyl (C=O) groups is 2. The van der Waals surface area contributed by atoms with Crippen LogP contribution in [0.1, 0.15) is 42.9 Å². The molecule has 3 rings (SSSR count).